The molecule has 2 aromatic heterocycles. The molecule has 7 nitrogen and oxygen atoms in total. The van der Waals surface area contributed by atoms with Gasteiger partial charge in [0.15, 0.2) is 0 Å². The highest BCUT2D eigenvalue weighted by Crippen LogP contribution is 2.27. The number of aryl methyl sites for hydroxylation is 1. The van der Waals surface area contributed by atoms with E-state index in [2.05, 4.69) is 55.7 Å². The summed E-state index contributed by atoms with van der Waals surface area (Å²) in [6, 6.07) is 0.616. The maximum Gasteiger partial charge on any atom is 0.135 e. The smallest absolute Gasteiger partial charge is 0.135 e. The molecular weight excluding hydrogens is 326 g/mol. The largest absolute Gasteiger partial charge is 0.355 e. The van der Waals surface area contributed by atoms with Gasteiger partial charge < -0.3 is 14.8 Å². The zero-order chi connectivity index (χ0) is 18.1. The molecule has 0 amide bonds. The van der Waals surface area contributed by atoms with Crippen molar-refractivity contribution in [3.8, 4) is 0 Å². The maximum absolute atomic E-state index is 4.68. The zero-order valence-electron chi connectivity index (χ0n) is 16.1. The minimum Gasteiger partial charge on any atom is -0.355 e. The van der Waals surface area contributed by atoms with E-state index in [-0.39, 0.29) is 0 Å². The molecule has 0 unspecified atom stereocenters. The summed E-state index contributed by atoms with van der Waals surface area (Å²) in [6.07, 6.45) is 6.74. The Kier molecular flexibility index (Phi) is 4.91. The van der Waals surface area contributed by atoms with Crippen LogP contribution in [0.2, 0.25) is 0 Å². The molecule has 2 aliphatic rings. The summed E-state index contributed by atoms with van der Waals surface area (Å²) in [5.41, 5.74) is 4.90. The van der Waals surface area contributed by atoms with Crippen molar-refractivity contribution in [3.05, 3.63) is 35.3 Å². The Morgan fingerprint density at radius 2 is 2.00 bits per heavy atom. The Hall–Kier alpha value is -1.99. The van der Waals surface area contributed by atoms with Crippen molar-refractivity contribution in [2.45, 2.75) is 38.8 Å². The van der Waals surface area contributed by atoms with Crippen molar-refractivity contribution in [1.82, 2.24) is 29.7 Å². The Morgan fingerprint density at radius 3 is 2.73 bits per heavy atom. The molecule has 0 bridgehead atoms. The van der Waals surface area contributed by atoms with Gasteiger partial charge in [-0.3, -0.25) is 4.90 Å². The van der Waals surface area contributed by atoms with E-state index >= 15 is 0 Å². The van der Waals surface area contributed by atoms with Gasteiger partial charge in [0.2, 0.25) is 0 Å². The summed E-state index contributed by atoms with van der Waals surface area (Å²) >= 11 is 0. The summed E-state index contributed by atoms with van der Waals surface area (Å²) < 4.78 is 0. The molecule has 1 atom stereocenters. The molecule has 2 aromatic rings. The molecule has 2 aliphatic heterocycles. The number of hydrogen-bond donors (Lipinski definition) is 1. The summed E-state index contributed by atoms with van der Waals surface area (Å²) in [7, 11) is 4.34. The number of hydrogen-bond acceptors (Lipinski definition) is 6. The predicted octanol–water partition coefficient (Wildman–Crippen LogP) is 1.25. The quantitative estimate of drug-likeness (QED) is 0.891. The van der Waals surface area contributed by atoms with E-state index in [1.807, 2.05) is 0 Å². The molecular formula is C19H29N7. The van der Waals surface area contributed by atoms with Crippen LogP contribution in [0.4, 0.5) is 5.82 Å². The Labute approximate surface area is 155 Å². The number of imidazole rings is 1. The number of anilines is 1. The maximum atomic E-state index is 4.68. The molecule has 4 heterocycles. The molecule has 0 aliphatic carbocycles. The number of aromatic nitrogens is 4. The molecule has 1 N–H and O–H groups in total. The Morgan fingerprint density at radius 1 is 1.15 bits per heavy atom. The number of nitrogens with one attached hydrogen (secondary N) is 1. The van der Waals surface area contributed by atoms with Crippen molar-refractivity contribution in [2.24, 2.45) is 0 Å². The van der Waals surface area contributed by atoms with Gasteiger partial charge in [-0.1, -0.05) is 0 Å². The summed E-state index contributed by atoms with van der Waals surface area (Å²) in [5, 5.41) is 0. The van der Waals surface area contributed by atoms with E-state index in [4.69, 9.17) is 0 Å². The molecule has 0 radical (unpaired) electrons. The van der Waals surface area contributed by atoms with Gasteiger partial charge in [-0.05, 0) is 33.9 Å². The summed E-state index contributed by atoms with van der Waals surface area (Å²) in [5.74, 6) is 1.16. The van der Waals surface area contributed by atoms with Crippen molar-refractivity contribution in [1.29, 1.82) is 0 Å². The minimum absolute atomic E-state index is 0.616. The van der Waals surface area contributed by atoms with Crippen molar-refractivity contribution in [2.75, 3.05) is 45.2 Å². The first-order valence-corrected chi connectivity index (χ1v) is 9.57. The van der Waals surface area contributed by atoms with E-state index in [0.29, 0.717) is 6.04 Å². The van der Waals surface area contributed by atoms with Gasteiger partial charge in [-0.2, -0.15) is 0 Å². The average molecular weight is 355 g/mol. The lowest BCUT2D eigenvalue weighted by Crippen LogP contribution is -2.32. The molecule has 26 heavy (non-hydrogen) atoms. The second-order valence-electron chi connectivity index (χ2n) is 7.73. The van der Waals surface area contributed by atoms with Gasteiger partial charge in [0.05, 0.1) is 17.7 Å². The topological polar surface area (TPSA) is 64.2 Å². The highest BCUT2D eigenvalue weighted by molar-refractivity contribution is 5.50. The molecule has 0 aromatic carbocycles. The lowest BCUT2D eigenvalue weighted by molar-refractivity contribution is 0.275. The van der Waals surface area contributed by atoms with Crippen LogP contribution in [0.1, 0.15) is 29.1 Å². The van der Waals surface area contributed by atoms with Gasteiger partial charge in [-0.25, -0.2) is 15.0 Å². The van der Waals surface area contributed by atoms with Crippen molar-refractivity contribution in [3.63, 3.8) is 0 Å². The Bertz CT molecular complexity index is 754. The zero-order valence-corrected chi connectivity index (χ0v) is 16.1. The predicted molar refractivity (Wildman–Crippen MR) is 102 cm³/mol. The van der Waals surface area contributed by atoms with Crippen LogP contribution < -0.4 is 4.90 Å². The van der Waals surface area contributed by atoms with Gasteiger partial charge in [0, 0.05) is 56.4 Å². The van der Waals surface area contributed by atoms with E-state index < -0.39 is 0 Å². The molecule has 140 valence electrons. The highest BCUT2D eigenvalue weighted by atomic mass is 15.3. The third kappa shape index (κ3) is 3.46. The number of H-pyrrole nitrogens is 1. The molecule has 4 rings (SSSR count). The first-order chi connectivity index (χ1) is 12.6. The fourth-order valence-electron chi connectivity index (χ4n) is 4.10. The van der Waals surface area contributed by atoms with E-state index in [1.54, 1.807) is 12.7 Å². The highest BCUT2D eigenvalue weighted by Gasteiger charge is 2.28. The lowest BCUT2D eigenvalue weighted by atomic mass is 10.1. The van der Waals surface area contributed by atoms with Crippen LogP contribution in [-0.2, 0) is 19.4 Å². The first kappa shape index (κ1) is 17.4. The number of nitrogens with zero attached hydrogens (tertiary/aromatic N) is 6. The normalized spacial score (nSPS) is 21.2. The number of fused-ring (bicyclic) bond motifs is 1. The molecule has 0 saturated carbocycles. The van der Waals surface area contributed by atoms with Gasteiger partial charge in [0.1, 0.15) is 12.1 Å². The fourth-order valence-corrected chi connectivity index (χ4v) is 4.10. The molecule has 0 spiro atoms. The average Bonchev–Trinajstić information content (AvgIpc) is 3.22. The number of aromatic amines is 1. The summed E-state index contributed by atoms with van der Waals surface area (Å²) in [4.78, 5) is 24.2. The lowest BCUT2D eigenvalue weighted by Gasteiger charge is -2.23. The number of likely N-dealkylation sites (N-methyl/N-ethyl adjacent to an activating group) is 1. The Balaban J connectivity index is 1.49. The molecule has 1 saturated heterocycles. The van der Waals surface area contributed by atoms with Crippen LogP contribution in [0.3, 0.4) is 0 Å². The van der Waals surface area contributed by atoms with Crippen LogP contribution in [0, 0.1) is 6.92 Å². The third-order valence-electron chi connectivity index (χ3n) is 5.86. The first-order valence-electron chi connectivity index (χ1n) is 9.57. The summed E-state index contributed by atoms with van der Waals surface area (Å²) in [6.45, 7) is 7.20. The van der Waals surface area contributed by atoms with E-state index in [0.717, 1.165) is 57.1 Å². The van der Waals surface area contributed by atoms with Crippen LogP contribution in [0.5, 0.6) is 0 Å². The monoisotopic (exact) mass is 355 g/mol. The van der Waals surface area contributed by atoms with Crippen LogP contribution in [0.25, 0.3) is 0 Å². The van der Waals surface area contributed by atoms with Gasteiger partial charge in [0.25, 0.3) is 0 Å². The fraction of sp³-hybridized carbons (Fsp3) is 0.632. The van der Waals surface area contributed by atoms with Crippen LogP contribution >= 0.6 is 0 Å². The number of rotatable bonds is 4. The standard InChI is InChI=1S/C19H29N7/c1-14-18(22-12-20-14)11-25-7-5-16-17(6-8-25)21-13-23-19(16)26-9-4-15(10-26)24(2)3/h12-13,15H,4-11H2,1-3H3,(H,20,22)/t15-/m0/s1. The van der Waals surface area contributed by atoms with Crippen LogP contribution in [0.15, 0.2) is 12.7 Å². The van der Waals surface area contributed by atoms with Gasteiger partial charge in [-0.15, -0.1) is 0 Å². The van der Waals surface area contributed by atoms with E-state index in [9.17, 15) is 0 Å². The third-order valence-corrected chi connectivity index (χ3v) is 5.86. The van der Waals surface area contributed by atoms with Crippen molar-refractivity contribution < 1.29 is 0 Å². The molecule has 7 heteroatoms. The van der Waals surface area contributed by atoms with Crippen LogP contribution in [-0.4, -0.2) is 76.1 Å². The van der Waals surface area contributed by atoms with Gasteiger partial charge >= 0.3 is 0 Å². The second kappa shape index (κ2) is 7.32. The second-order valence-corrected chi connectivity index (χ2v) is 7.73. The molecule has 1 fully saturated rings. The minimum atomic E-state index is 0.616. The van der Waals surface area contributed by atoms with E-state index in [1.165, 1.54) is 23.4 Å². The van der Waals surface area contributed by atoms with Crippen molar-refractivity contribution >= 4 is 5.82 Å². The SMILES string of the molecule is Cc1[nH]cnc1CN1CCc2ncnc(N3CC[C@H](N(C)C)C3)c2CC1.